The first-order chi connectivity index (χ1) is 11.0. The van der Waals surface area contributed by atoms with Gasteiger partial charge in [-0.15, -0.1) is 0 Å². The molecule has 130 valence electrons. The highest BCUT2D eigenvalue weighted by Gasteiger charge is 2.37. The minimum absolute atomic E-state index is 0.0379. The van der Waals surface area contributed by atoms with Gasteiger partial charge in [-0.05, 0) is 57.8 Å². The number of carbonyl (C=O) groups excluding carboxylic acids is 2. The Morgan fingerprint density at radius 2 is 1.09 bits per heavy atom. The number of carbonyl (C=O) groups is 2. The van der Waals surface area contributed by atoms with Crippen molar-refractivity contribution in [3.8, 4) is 0 Å². The molecule has 0 aromatic heterocycles. The summed E-state index contributed by atoms with van der Waals surface area (Å²) in [5.74, 6) is -0.378. The molecule has 3 aliphatic carbocycles. The molecule has 3 rings (SSSR count). The zero-order chi connectivity index (χ0) is 16.4. The van der Waals surface area contributed by atoms with Crippen molar-refractivity contribution in [1.29, 1.82) is 0 Å². The van der Waals surface area contributed by atoms with E-state index in [0.29, 0.717) is 57.8 Å². The van der Waals surface area contributed by atoms with Crippen molar-refractivity contribution in [2.75, 3.05) is 0 Å². The van der Waals surface area contributed by atoms with Crippen molar-refractivity contribution in [2.24, 2.45) is 11.8 Å². The lowest BCUT2D eigenvalue weighted by molar-refractivity contribution is -0.126. The van der Waals surface area contributed by atoms with Crippen LogP contribution >= 0.6 is 0 Å². The summed E-state index contributed by atoms with van der Waals surface area (Å²) >= 11 is 0. The van der Waals surface area contributed by atoms with Crippen molar-refractivity contribution in [1.82, 2.24) is 10.6 Å². The molecular weight excluding hydrogens is 302 g/mol. The van der Waals surface area contributed by atoms with Crippen LogP contribution in [0.25, 0.3) is 0 Å². The molecule has 4 unspecified atom stereocenters. The van der Waals surface area contributed by atoms with E-state index in [1.165, 1.54) is 0 Å². The predicted molar refractivity (Wildman–Crippen MR) is 82.2 cm³/mol. The molecule has 0 aliphatic heterocycles. The first kappa shape index (κ1) is 16.7. The summed E-state index contributed by atoms with van der Waals surface area (Å²) in [5, 5.41) is 5.86. The van der Waals surface area contributed by atoms with E-state index in [9.17, 15) is 18.4 Å². The normalized spacial score (nSPS) is 40.3. The molecular formula is C17H26F2N2O2. The van der Waals surface area contributed by atoms with E-state index < -0.39 is 12.3 Å². The molecule has 2 amide bonds. The molecule has 0 heterocycles. The van der Waals surface area contributed by atoms with Gasteiger partial charge in [-0.25, -0.2) is 8.78 Å². The van der Waals surface area contributed by atoms with Crippen molar-refractivity contribution >= 4 is 11.8 Å². The highest BCUT2D eigenvalue weighted by molar-refractivity contribution is 5.83. The van der Waals surface area contributed by atoms with Gasteiger partial charge in [0.2, 0.25) is 11.8 Å². The van der Waals surface area contributed by atoms with E-state index in [4.69, 9.17) is 0 Å². The maximum atomic E-state index is 13.2. The van der Waals surface area contributed by atoms with Crippen LogP contribution in [0.1, 0.15) is 57.8 Å². The Morgan fingerprint density at radius 1 is 0.652 bits per heavy atom. The minimum Gasteiger partial charge on any atom is -0.353 e. The van der Waals surface area contributed by atoms with Gasteiger partial charge < -0.3 is 10.6 Å². The molecule has 6 atom stereocenters. The molecule has 3 fully saturated rings. The summed E-state index contributed by atoms with van der Waals surface area (Å²) in [7, 11) is 0. The van der Waals surface area contributed by atoms with Gasteiger partial charge in [-0.2, -0.15) is 0 Å². The predicted octanol–water partition coefficient (Wildman–Crippen LogP) is 2.42. The monoisotopic (exact) mass is 328 g/mol. The molecule has 0 saturated heterocycles. The van der Waals surface area contributed by atoms with Gasteiger partial charge in [0, 0.05) is 23.9 Å². The first-order valence-electron chi connectivity index (χ1n) is 8.90. The quantitative estimate of drug-likeness (QED) is 0.833. The van der Waals surface area contributed by atoms with Crippen LogP contribution in [-0.2, 0) is 9.59 Å². The Hall–Kier alpha value is -1.20. The lowest BCUT2D eigenvalue weighted by Crippen LogP contribution is -2.39. The summed E-state index contributed by atoms with van der Waals surface area (Å²) in [5.41, 5.74) is 0. The highest BCUT2D eigenvalue weighted by Crippen LogP contribution is 2.33. The van der Waals surface area contributed by atoms with Crippen LogP contribution in [0.15, 0.2) is 0 Å². The fourth-order valence-electron chi connectivity index (χ4n) is 4.21. The van der Waals surface area contributed by atoms with E-state index >= 15 is 0 Å². The summed E-state index contributed by atoms with van der Waals surface area (Å²) in [6, 6.07) is -0.101. The number of nitrogens with one attached hydrogen (secondary N) is 2. The SMILES string of the molecule is O=C(NC1CCC(F)C1)[C@@H]1CC[C@H](C(=O)NC2CCC(F)C2)C1. The second kappa shape index (κ2) is 7.14. The van der Waals surface area contributed by atoms with E-state index in [-0.39, 0.29) is 35.7 Å². The van der Waals surface area contributed by atoms with Crippen molar-refractivity contribution in [3.05, 3.63) is 0 Å². The number of hydrogen-bond donors (Lipinski definition) is 2. The minimum atomic E-state index is -0.798. The molecule has 6 heteroatoms. The third-order valence-corrected chi connectivity index (χ3v) is 5.60. The molecule has 0 aromatic rings. The van der Waals surface area contributed by atoms with Crippen LogP contribution in [-0.4, -0.2) is 36.2 Å². The Balaban J connectivity index is 1.42. The zero-order valence-electron chi connectivity index (χ0n) is 13.4. The number of hydrogen-bond acceptors (Lipinski definition) is 2. The average Bonchev–Trinajstić information content (AvgIpc) is 3.21. The van der Waals surface area contributed by atoms with Crippen LogP contribution in [0.4, 0.5) is 8.78 Å². The van der Waals surface area contributed by atoms with Gasteiger partial charge >= 0.3 is 0 Å². The maximum Gasteiger partial charge on any atom is 0.223 e. The second-order valence-corrected chi connectivity index (χ2v) is 7.44. The van der Waals surface area contributed by atoms with E-state index in [2.05, 4.69) is 10.6 Å². The second-order valence-electron chi connectivity index (χ2n) is 7.44. The summed E-state index contributed by atoms with van der Waals surface area (Å²) < 4.78 is 26.3. The Bertz CT molecular complexity index is 420. The fraction of sp³-hybridized carbons (Fsp3) is 0.882. The number of amides is 2. The third kappa shape index (κ3) is 4.21. The van der Waals surface area contributed by atoms with Crippen LogP contribution < -0.4 is 10.6 Å². The Labute approximate surface area is 135 Å². The lowest BCUT2D eigenvalue weighted by atomic mass is 10.0. The van der Waals surface area contributed by atoms with E-state index in [0.717, 1.165) is 0 Å². The molecule has 0 radical (unpaired) electrons. The number of alkyl halides is 2. The lowest BCUT2D eigenvalue weighted by Gasteiger charge is -2.17. The first-order valence-corrected chi connectivity index (χ1v) is 8.90. The smallest absolute Gasteiger partial charge is 0.223 e. The van der Waals surface area contributed by atoms with Crippen LogP contribution in [0, 0.1) is 11.8 Å². The van der Waals surface area contributed by atoms with Crippen LogP contribution in [0.3, 0.4) is 0 Å². The maximum absolute atomic E-state index is 13.2. The standard InChI is InChI=1S/C17H26F2N2O2/c18-12-3-5-14(8-12)20-16(22)10-1-2-11(7-10)17(23)21-15-6-4-13(19)9-15/h10-15H,1-9H2,(H,20,22)(H,21,23)/t10-,11+,12?,13?,14?,15?. The molecule has 3 saturated carbocycles. The van der Waals surface area contributed by atoms with Gasteiger partial charge in [0.15, 0.2) is 0 Å². The Morgan fingerprint density at radius 3 is 1.43 bits per heavy atom. The molecule has 0 aromatic carbocycles. The Kier molecular flexibility index (Phi) is 5.17. The van der Waals surface area contributed by atoms with Gasteiger partial charge in [-0.1, -0.05) is 0 Å². The molecule has 2 N–H and O–H groups in total. The molecule has 0 spiro atoms. The van der Waals surface area contributed by atoms with Gasteiger partial charge in [0.05, 0.1) is 0 Å². The van der Waals surface area contributed by atoms with E-state index in [1.807, 2.05) is 0 Å². The third-order valence-electron chi connectivity index (χ3n) is 5.60. The molecule has 23 heavy (non-hydrogen) atoms. The van der Waals surface area contributed by atoms with Crippen LogP contribution in [0.5, 0.6) is 0 Å². The van der Waals surface area contributed by atoms with Gasteiger partial charge in [0.1, 0.15) is 12.3 Å². The van der Waals surface area contributed by atoms with Gasteiger partial charge in [-0.3, -0.25) is 9.59 Å². The van der Waals surface area contributed by atoms with Gasteiger partial charge in [0.25, 0.3) is 0 Å². The van der Waals surface area contributed by atoms with Crippen molar-refractivity contribution in [3.63, 3.8) is 0 Å². The zero-order valence-corrected chi connectivity index (χ0v) is 13.4. The molecule has 3 aliphatic rings. The topological polar surface area (TPSA) is 58.2 Å². The van der Waals surface area contributed by atoms with Crippen molar-refractivity contribution < 1.29 is 18.4 Å². The van der Waals surface area contributed by atoms with Crippen LogP contribution in [0.2, 0.25) is 0 Å². The van der Waals surface area contributed by atoms with E-state index in [1.54, 1.807) is 0 Å². The summed E-state index contributed by atoms with van der Waals surface area (Å²) in [6.45, 7) is 0. The summed E-state index contributed by atoms with van der Waals surface area (Å²) in [6.07, 6.45) is 3.64. The largest absolute Gasteiger partial charge is 0.353 e. The summed E-state index contributed by atoms with van der Waals surface area (Å²) in [4.78, 5) is 24.5. The molecule has 0 bridgehead atoms. The number of rotatable bonds is 4. The average molecular weight is 328 g/mol. The molecule has 4 nitrogen and oxygen atoms in total. The number of halogens is 2. The highest BCUT2D eigenvalue weighted by atomic mass is 19.1. The fourth-order valence-corrected chi connectivity index (χ4v) is 4.21. The van der Waals surface area contributed by atoms with Crippen molar-refractivity contribution in [2.45, 2.75) is 82.2 Å².